The van der Waals surface area contributed by atoms with Crippen LogP contribution in [0.4, 0.5) is 0 Å². The highest BCUT2D eigenvalue weighted by Gasteiger charge is 2.28. The number of oxazole rings is 1. The smallest absolute Gasteiger partial charge is 0.219 e. The third-order valence-corrected chi connectivity index (χ3v) is 6.10. The van der Waals surface area contributed by atoms with E-state index in [0.29, 0.717) is 22.9 Å². The van der Waals surface area contributed by atoms with Crippen molar-refractivity contribution < 1.29 is 9.21 Å². The number of aromatic nitrogens is 1. The van der Waals surface area contributed by atoms with Crippen molar-refractivity contribution in [3.8, 4) is 0 Å². The van der Waals surface area contributed by atoms with Crippen LogP contribution in [-0.4, -0.2) is 41.5 Å². The first-order valence-corrected chi connectivity index (χ1v) is 10.0. The normalized spacial score (nSPS) is 26.5. The SMILES string of the molecule is CC(=O)N1CCC(CNC2CCC(c3nc4cc(Cl)ccc4o3)CC2)C1. The maximum Gasteiger partial charge on any atom is 0.219 e. The Morgan fingerprint density at radius 2 is 2.12 bits per heavy atom. The number of fused-ring (bicyclic) bond motifs is 1. The van der Waals surface area contributed by atoms with Gasteiger partial charge in [0.25, 0.3) is 0 Å². The summed E-state index contributed by atoms with van der Waals surface area (Å²) in [6.45, 7) is 4.50. The van der Waals surface area contributed by atoms with E-state index in [-0.39, 0.29) is 5.91 Å². The van der Waals surface area contributed by atoms with Crippen LogP contribution in [-0.2, 0) is 4.79 Å². The van der Waals surface area contributed by atoms with E-state index in [0.717, 1.165) is 68.7 Å². The minimum Gasteiger partial charge on any atom is -0.440 e. The zero-order valence-corrected chi connectivity index (χ0v) is 16.0. The second-order valence-electron chi connectivity index (χ2n) is 7.74. The van der Waals surface area contributed by atoms with Gasteiger partial charge in [0.2, 0.25) is 5.91 Å². The standard InChI is InChI=1S/C20H26ClN3O2/c1-13(25)24-9-8-14(12-24)11-22-17-5-2-15(3-6-17)20-23-18-10-16(21)4-7-19(18)26-20/h4,7,10,14-15,17,22H,2-3,5-6,8-9,11-12H2,1H3. The number of nitrogens with zero attached hydrogens (tertiary/aromatic N) is 2. The lowest BCUT2D eigenvalue weighted by Crippen LogP contribution is -2.37. The second kappa shape index (κ2) is 7.57. The maximum absolute atomic E-state index is 11.4. The van der Waals surface area contributed by atoms with Gasteiger partial charge in [0.05, 0.1) is 0 Å². The van der Waals surface area contributed by atoms with Crippen molar-refractivity contribution in [1.82, 2.24) is 15.2 Å². The summed E-state index contributed by atoms with van der Waals surface area (Å²) in [5, 5.41) is 4.42. The molecule has 1 amide bonds. The number of likely N-dealkylation sites (tertiary alicyclic amines) is 1. The Morgan fingerprint density at radius 3 is 2.85 bits per heavy atom. The van der Waals surface area contributed by atoms with Gasteiger partial charge in [-0.3, -0.25) is 4.79 Å². The van der Waals surface area contributed by atoms with Crippen LogP contribution in [0.25, 0.3) is 11.1 Å². The third kappa shape index (κ3) is 3.89. The largest absolute Gasteiger partial charge is 0.440 e. The van der Waals surface area contributed by atoms with Crippen LogP contribution >= 0.6 is 11.6 Å². The predicted octanol–water partition coefficient (Wildman–Crippen LogP) is 3.97. The van der Waals surface area contributed by atoms with E-state index in [1.54, 1.807) is 6.92 Å². The van der Waals surface area contributed by atoms with E-state index in [9.17, 15) is 4.79 Å². The first-order chi connectivity index (χ1) is 12.6. The molecule has 1 saturated heterocycles. The second-order valence-corrected chi connectivity index (χ2v) is 8.18. The topological polar surface area (TPSA) is 58.4 Å². The number of carbonyl (C=O) groups excluding carboxylic acids is 1. The Labute approximate surface area is 159 Å². The Morgan fingerprint density at radius 1 is 1.31 bits per heavy atom. The summed E-state index contributed by atoms with van der Waals surface area (Å²) in [4.78, 5) is 18.0. The molecule has 140 valence electrons. The van der Waals surface area contributed by atoms with Crippen molar-refractivity contribution in [2.75, 3.05) is 19.6 Å². The van der Waals surface area contributed by atoms with Crippen LogP contribution in [0.2, 0.25) is 5.02 Å². The lowest BCUT2D eigenvalue weighted by Gasteiger charge is -2.28. The molecule has 0 spiro atoms. The van der Waals surface area contributed by atoms with E-state index in [1.807, 2.05) is 23.1 Å². The highest BCUT2D eigenvalue weighted by molar-refractivity contribution is 6.31. The molecule has 1 unspecified atom stereocenters. The number of nitrogens with one attached hydrogen (secondary N) is 1. The number of benzene rings is 1. The molecule has 1 aromatic carbocycles. The van der Waals surface area contributed by atoms with Crippen molar-refractivity contribution in [2.24, 2.45) is 5.92 Å². The molecule has 1 aliphatic heterocycles. The summed E-state index contributed by atoms with van der Waals surface area (Å²) in [7, 11) is 0. The number of carbonyl (C=O) groups is 1. The van der Waals surface area contributed by atoms with Gasteiger partial charge < -0.3 is 14.6 Å². The fraction of sp³-hybridized carbons (Fsp3) is 0.600. The van der Waals surface area contributed by atoms with Gasteiger partial charge in [0.1, 0.15) is 5.52 Å². The van der Waals surface area contributed by atoms with Crippen molar-refractivity contribution in [1.29, 1.82) is 0 Å². The van der Waals surface area contributed by atoms with Gasteiger partial charge in [-0.25, -0.2) is 4.98 Å². The molecule has 0 radical (unpaired) electrons. The summed E-state index contributed by atoms with van der Waals surface area (Å²) in [6.07, 6.45) is 5.61. The monoisotopic (exact) mass is 375 g/mol. The van der Waals surface area contributed by atoms with Crippen LogP contribution < -0.4 is 5.32 Å². The molecule has 2 heterocycles. The van der Waals surface area contributed by atoms with E-state index in [1.165, 1.54) is 0 Å². The highest BCUT2D eigenvalue weighted by atomic mass is 35.5. The lowest BCUT2D eigenvalue weighted by molar-refractivity contribution is -0.127. The summed E-state index contributed by atoms with van der Waals surface area (Å²) in [5.41, 5.74) is 1.67. The molecule has 2 aliphatic rings. The van der Waals surface area contributed by atoms with Crippen LogP contribution in [0, 0.1) is 5.92 Å². The molecule has 1 aromatic heterocycles. The van der Waals surface area contributed by atoms with Gasteiger partial charge in [-0.1, -0.05) is 11.6 Å². The number of amides is 1. The summed E-state index contributed by atoms with van der Waals surface area (Å²) >= 11 is 6.04. The first kappa shape index (κ1) is 17.8. The minimum absolute atomic E-state index is 0.202. The van der Waals surface area contributed by atoms with Crippen molar-refractivity contribution in [3.63, 3.8) is 0 Å². The van der Waals surface area contributed by atoms with Gasteiger partial charge in [-0.15, -0.1) is 0 Å². The van der Waals surface area contributed by atoms with E-state index >= 15 is 0 Å². The summed E-state index contributed by atoms with van der Waals surface area (Å²) in [6, 6.07) is 6.17. The molecule has 5 nitrogen and oxygen atoms in total. The van der Waals surface area contributed by atoms with Crippen LogP contribution in [0.3, 0.4) is 0 Å². The molecule has 2 fully saturated rings. The third-order valence-electron chi connectivity index (χ3n) is 5.87. The highest BCUT2D eigenvalue weighted by Crippen LogP contribution is 2.34. The molecule has 0 bridgehead atoms. The quantitative estimate of drug-likeness (QED) is 0.878. The van der Waals surface area contributed by atoms with E-state index in [4.69, 9.17) is 16.0 Å². The molecule has 1 aliphatic carbocycles. The van der Waals surface area contributed by atoms with Crippen LogP contribution in [0.5, 0.6) is 0 Å². The molecular formula is C20H26ClN3O2. The van der Waals surface area contributed by atoms with Gasteiger partial charge >= 0.3 is 0 Å². The molecule has 1 atom stereocenters. The maximum atomic E-state index is 11.4. The Kier molecular flexibility index (Phi) is 5.18. The number of hydrogen-bond donors (Lipinski definition) is 1. The van der Waals surface area contributed by atoms with Gasteiger partial charge in [0, 0.05) is 37.0 Å². The molecule has 26 heavy (non-hydrogen) atoms. The molecule has 6 heteroatoms. The fourth-order valence-corrected chi connectivity index (χ4v) is 4.42. The lowest BCUT2D eigenvalue weighted by atomic mass is 9.85. The molecule has 1 saturated carbocycles. The van der Waals surface area contributed by atoms with E-state index < -0.39 is 0 Å². The van der Waals surface area contributed by atoms with Gasteiger partial charge in [0.15, 0.2) is 11.5 Å². The van der Waals surface area contributed by atoms with Crippen molar-refractivity contribution in [3.05, 3.63) is 29.1 Å². The number of rotatable bonds is 4. The summed E-state index contributed by atoms with van der Waals surface area (Å²) in [5.74, 6) is 2.05. The predicted molar refractivity (Wildman–Crippen MR) is 102 cm³/mol. The average molecular weight is 376 g/mol. The Balaban J connectivity index is 1.26. The molecule has 4 rings (SSSR count). The summed E-state index contributed by atoms with van der Waals surface area (Å²) < 4.78 is 5.95. The Hall–Kier alpha value is -1.59. The van der Waals surface area contributed by atoms with Gasteiger partial charge in [-0.2, -0.15) is 0 Å². The molecular weight excluding hydrogens is 350 g/mol. The minimum atomic E-state index is 0.202. The molecule has 1 N–H and O–H groups in total. The van der Waals surface area contributed by atoms with Gasteiger partial charge in [-0.05, 0) is 62.8 Å². The van der Waals surface area contributed by atoms with Crippen LogP contribution in [0.1, 0.15) is 50.8 Å². The zero-order chi connectivity index (χ0) is 18.1. The van der Waals surface area contributed by atoms with E-state index in [2.05, 4.69) is 10.3 Å². The number of halogens is 1. The number of hydrogen-bond acceptors (Lipinski definition) is 4. The zero-order valence-electron chi connectivity index (χ0n) is 15.2. The molecule has 2 aromatic rings. The van der Waals surface area contributed by atoms with Crippen molar-refractivity contribution >= 4 is 28.6 Å². The average Bonchev–Trinajstić information content (AvgIpc) is 3.27. The fourth-order valence-electron chi connectivity index (χ4n) is 4.26. The Bertz CT molecular complexity index is 782. The van der Waals surface area contributed by atoms with Crippen LogP contribution in [0.15, 0.2) is 22.6 Å². The first-order valence-electron chi connectivity index (χ1n) is 9.63. The van der Waals surface area contributed by atoms with Crippen molar-refractivity contribution in [2.45, 2.75) is 51.0 Å².